The van der Waals surface area contributed by atoms with Crippen LogP contribution in [-0.2, 0) is 21.3 Å². The summed E-state index contributed by atoms with van der Waals surface area (Å²) < 4.78 is 3.79. The standard InChI is InChI=1S/C15H13.C15H14.C5H5.2ClH.Zr/c1-10-3-5-14-12(7-10)9-13-8-11(2)4-6-15(13)14;1-12-3-7-14(8-4-12)11-15-9-5-13(2)6-10-15;1-2-4-5-3-1;;;/h3-9H,1-2H3;3-10H,1-2H3;1-3H,4H2;2*1H;/q;;;;;+2/p-2. The number of halogens is 2. The SMILES string of the molecule is Cc1ccc([C](c2ccc(C)cc2)=[Zr+2]([C]2=CC=CC2)[CH]2c3cc(C)ccc3-c3ccc(C)cc32)cc1.[Cl-].[Cl-]. The maximum atomic E-state index is 2.49. The summed E-state index contributed by atoms with van der Waals surface area (Å²) >= 11 is -2.56. The Balaban J connectivity index is 0.00000168. The van der Waals surface area contributed by atoms with Gasteiger partial charge in [-0.3, -0.25) is 0 Å². The van der Waals surface area contributed by atoms with Gasteiger partial charge in [-0.2, -0.15) is 0 Å². The number of aryl methyl sites for hydroxylation is 4. The number of benzene rings is 4. The number of allylic oxidation sites excluding steroid dienone is 4. The molecule has 0 amide bonds. The summed E-state index contributed by atoms with van der Waals surface area (Å²) in [5, 5.41) is 0. The van der Waals surface area contributed by atoms with Crippen molar-refractivity contribution in [3.8, 4) is 11.1 Å². The fraction of sp³-hybridized carbons (Fsp3) is 0.171. The van der Waals surface area contributed by atoms with E-state index in [2.05, 4.69) is 131 Å². The Morgan fingerprint density at radius 1 is 0.605 bits per heavy atom. The topological polar surface area (TPSA) is 0 Å². The molecule has 0 saturated carbocycles. The van der Waals surface area contributed by atoms with E-state index in [9.17, 15) is 0 Å². The van der Waals surface area contributed by atoms with Crippen LogP contribution >= 0.6 is 0 Å². The molecular formula is C35H32Cl2Zr. The summed E-state index contributed by atoms with van der Waals surface area (Å²) in [6.07, 6.45) is 8.21. The molecule has 0 fully saturated rings. The fourth-order valence-electron chi connectivity index (χ4n) is 5.87. The van der Waals surface area contributed by atoms with Crippen LogP contribution in [0.1, 0.15) is 54.6 Å². The summed E-state index contributed by atoms with van der Waals surface area (Å²) in [5.74, 6) is 0. The van der Waals surface area contributed by atoms with Crippen molar-refractivity contribution in [3.05, 3.63) is 151 Å². The number of rotatable bonds is 4. The van der Waals surface area contributed by atoms with Crippen LogP contribution in [0.4, 0.5) is 0 Å². The van der Waals surface area contributed by atoms with E-state index in [0.717, 1.165) is 6.42 Å². The molecule has 190 valence electrons. The molecule has 0 saturated heterocycles. The average Bonchev–Trinajstić information content (AvgIpc) is 3.50. The average molecular weight is 615 g/mol. The van der Waals surface area contributed by atoms with Crippen LogP contribution in [0.5, 0.6) is 0 Å². The molecule has 4 aromatic rings. The molecule has 4 aromatic carbocycles. The van der Waals surface area contributed by atoms with Gasteiger partial charge in [0.2, 0.25) is 0 Å². The summed E-state index contributed by atoms with van der Waals surface area (Å²) in [5.41, 5.74) is 14.1. The van der Waals surface area contributed by atoms with Crippen molar-refractivity contribution >= 4 is 3.21 Å². The van der Waals surface area contributed by atoms with Crippen LogP contribution in [-0.4, -0.2) is 3.21 Å². The molecule has 2 aliphatic carbocycles. The van der Waals surface area contributed by atoms with E-state index in [-0.39, 0.29) is 24.8 Å². The van der Waals surface area contributed by atoms with Gasteiger partial charge in [-0.25, -0.2) is 0 Å². The first-order chi connectivity index (χ1) is 17.5. The molecular weight excluding hydrogens is 583 g/mol. The van der Waals surface area contributed by atoms with E-state index in [1.54, 1.807) is 17.6 Å². The Hall–Kier alpha value is -2.31. The molecule has 0 bridgehead atoms. The first kappa shape index (κ1) is 28.7. The Bertz CT molecular complexity index is 1470. The Labute approximate surface area is 247 Å². The van der Waals surface area contributed by atoms with Gasteiger partial charge in [0, 0.05) is 0 Å². The van der Waals surface area contributed by atoms with Gasteiger partial charge in [-0.05, 0) is 0 Å². The first-order valence-corrected chi connectivity index (χ1v) is 16.8. The predicted octanol–water partition coefficient (Wildman–Crippen LogP) is 2.73. The van der Waals surface area contributed by atoms with Crippen molar-refractivity contribution in [1.29, 1.82) is 0 Å². The van der Waals surface area contributed by atoms with Gasteiger partial charge in [-0.1, -0.05) is 0 Å². The second-order valence-corrected chi connectivity index (χ2v) is 16.7. The van der Waals surface area contributed by atoms with Crippen LogP contribution in [0.3, 0.4) is 0 Å². The predicted molar refractivity (Wildman–Crippen MR) is 151 cm³/mol. The fourth-order valence-corrected chi connectivity index (χ4v) is 14.8. The first-order valence-electron chi connectivity index (χ1n) is 13.0. The molecule has 0 aliphatic heterocycles. The van der Waals surface area contributed by atoms with Gasteiger partial charge in [0.25, 0.3) is 0 Å². The normalized spacial score (nSPS) is 13.0. The van der Waals surface area contributed by atoms with Crippen molar-refractivity contribution in [2.45, 2.75) is 37.7 Å². The van der Waals surface area contributed by atoms with E-state index < -0.39 is 21.3 Å². The third kappa shape index (κ3) is 5.27. The molecule has 0 radical (unpaired) electrons. The van der Waals surface area contributed by atoms with E-state index >= 15 is 0 Å². The van der Waals surface area contributed by atoms with E-state index in [4.69, 9.17) is 0 Å². The summed E-state index contributed by atoms with van der Waals surface area (Å²) in [6, 6.07) is 32.9. The molecule has 0 atom stereocenters. The van der Waals surface area contributed by atoms with E-state index in [1.165, 1.54) is 44.5 Å². The van der Waals surface area contributed by atoms with Crippen LogP contribution in [0.15, 0.2) is 106 Å². The second-order valence-electron chi connectivity index (χ2n) is 10.5. The van der Waals surface area contributed by atoms with Gasteiger partial charge in [0.1, 0.15) is 0 Å². The van der Waals surface area contributed by atoms with E-state index in [0.29, 0.717) is 3.63 Å². The largest absolute Gasteiger partial charge is 1.00 e. The molecule has 6 rings (SSSR count). The number of fused-ring (bicyclic) bond motifs is 3. The van der Waals surface area contributed by atoms with Gasteiger partial charge in [-0.15, -0.1) is 0 Å². The Morgan fingerprint density at radius 2 is 1.05 bits per heavy atom. The molecule has 0 N–H and O–H groups in total. The van der Waals surface area contributed by atoms with Gasteiger partial charge in [0.15, 0.2) is 0 Å². The molecule has 3 heteroatoms. The minimum atomic E-state index is -2.56. The van der Waals surface area contributed by atoms with Crippen LogP contribution in [0.2, 0.25) is 0 Å². The maximum absolute atomic E-state index is 2.56. The van der Waals surface area contributed by atoms with Gasteiger partial charge in [0.05, 0.1) is 0 Å². The van der Waals surface area contributed by atoms with Gasteiger partial charge >= 0.3 is 224 Å². The Morgan fingerprint density at radius 3 is 1.47 bits per heavy atom. The quantitative estimate of drug-likeness (QED) is 0.332. The Kier molecular flexibility index (Phi) is 8.94. The van der Waals surface area contributed by atoms with Crippen molar-refractivity contribution in [1.82, 2.24) is 0 Å². The second kappa shape index (κ2) is 11.8. The monoisotopic (exact) mass is 612 g/mol. The van der Waals surface area contributed by atoms with Crippen LogP contribution < -0.4 is 24.8 Å². The molecule has 0 unspecified atom stereocenters. The molecule has 0 aromatic heterocycles. The van der Waals surface area contributed by atoms with Crippen molar-refractivity contribution in [2.75, 3.05) is 0 Å². The molecule has 0 heterocycles. The zero-order chi connectivity index (χ0) is 24.8. The minimum Gasteiger partial charge on any atom is -1.00 e. The minimum absolute atomic E-state index is 0. The third-order valence-electron chi connectivity index (χ3n) is 7.68. The van der Waals surface area contributed by atoms with E-state index in [1.807, 2.05) is 0 Å². The summed E-state index contributed by atoms with van der Waals surface area (Å²) in [7, 11) is 0. The van der Waals surface area contributed by atoms with Crippen molar-refractivity contribution in [2.24, 2.45) is 0 Å². The van der Waals surface area contributed by atoms with Crippen molar-refractivity contribution < 1.29 is 46.1 Å². The smallest absolute Gasteiger partial charge is 1.00 e. The summed E-state index contributed by atoms with van der Waals surface area (Å²) in [6.45, 7) is 8.87. The zero-order valence-corrected chi connectivity index (χ0v) is 26.3. The summed E-state index contributed by atoms with van der Waals surface area (Å²) in [4.78, 5) is 0. The molecule has 38 heavy (non-hydrogen) atoms. The number of hydrogen-bond donors (Lipinski definition) is 0. The third-order valence-corrected chi connectivity index (χ3v) is 16.0. The van der Waals surface area contributed by atoms with Gasteiger partial charge < -0.3 is 24.8 Å². The molecule has 0 nitrogen and oxygen atoms in total. The van der Waals surface area contributed by atoms with Crippen molar-refractivity contribution in [3.63, 3.8) is 0 Å². The van der Waals surface area contributed by atoms with Crippen LogP contribution in [0, 0.1) is 27.7 Å². The maximum Gasteiger partial charge on any atom is -1.00 e. The number of hydrogen-bond acceptors (Lipinski definition) is 0. The molecule has 2 aliphatic rings. The van der Waals surface area contributed by atoms with Crippen LogP contribution in [0.25, 0.3) is 11.1 Å². The zero-order valence-electron chi connectivity index (χ0n) is 22.4. The molecule has 0 spiro atoms.